The van der Waals surface area contributed by atoms with Crippen LogP contribution in [-0.4, -0.2) is 29.4 Å². The summed E-state index contributed by atoms with van der Waals surface area (Å²) in [7, 11) is 0. The van der Waals surface area contributed by atoms with Gasteiger partial charge in [-0.05, 0) is 23.3 Å². The Hall–Kier alpha value is -2.06. The van der Waals surface area contributed by atoms with Crippen LogP contribution in [0.4, 0.5) is 5.69 Å². The van der Waals surface area contributed by atoms with E-state index in [1.807, 2.05) is 11.4 Å². The third-order valence-corrected chi connectivity index (χ3v) is 4.66. The molecule has 6 nitrogen and oxygen atoms in total. The summed E-state index contributed by atoms with van der Waals surface area (Å²) in [6.07, 6.45) is 2.06. The number of hydrogen-bond acceptors (Lipinski definition) is 5. The Morgan fingerprint density at radius 3 is 2.71 bits per heavy atom. The van der Waals surface area contributed by atoms with Gasteiger partial charge in [-0.2, -0.15) is 11.8 Å². The molecule has 0 atom stereocenters. The number of nitro groups is 1. The SMILES string of the molecule is CSCCNC(=NCc1ccc([N+](=O)[O-])cc1)NCc1cccs1. The van der Waals surface area contributed by atoms with Gasteiger partial charge in [0.25, 0.3) is 5.69 Å². The minimum atomic E-state index is -0.398. The predicted octanol–water partition coefficient (Wildman–Crippen LogP) is 3.25. The third-order valence-electron chi connectivity index (χ3n) is 3.18. The molecule has 2 aromatic rings. The van der Waals surface area contributed by atoms with Gasteiger partial charge in [-0.15, -0.1) is 11.3 Å². The Morgan fingerprint density at radius 2 is 2.08 bits per heavy atom. The van der Waals surface area contributed by atoms with Crippen LogP contribution in [0.1, 0.15) is 10.4 Å². The van der Waals surface area contributed by atoms with Crippen molar-refractivity contribution >= 4 is 34.7 Å². The van der Waals surface area contributed by atoms with Crippen LogP contribution in [0.2, 0.25) is 0 Å². The molecule has 24 heavy (non-hydrogen) atoms. The average molecular weight is 364 g/mol. The van der Waals surface area contributed by atoms with Crippen LogP contribution >= 0.6 is 23.1 Å². The highest BCUT2D eigenvalue weighted by atomic mass is 32.2. The summed E-state index contributed by atoms with van der Waals surface area (Å²) < 4.78 is 0. The van der Waals surface area contributed by atoms with E-state index in [-0.39, 0.29) is 5.69 Å². The number of guanidine groups is 1. The molecule has 0 radical (unpaired) electrons. The molecule has 2 rings (SSSR count). The molecule has 2 N–H and O–H groups in total. The number of thioether (sulfide) groups is 1. The molecule has 0 aliphatic heterocycles. The Labute approximate surface area is 149 Å². The maximum absolute atomic E-state index is 10.7. The first-order chi connectivity index (χ1) is 11.7. The molecule has 0 bridgehead atoms. The van der Waals surface area contributed by atoms with Crippen molar-refractivity contribution in [1.29, 1.82) is 0 Å². The van der Waals surface area contributed by atoms with Crippen molar-refractivity contribution in [3.63, 3.8) is 0 Å². The van der Waals surface area contributed by atoms with Crippen LogP contribution in [0.15, 0.2) is 46.8 Å². The Morgan fingerprint density at radius 1 is 1.29 bits per heavy atom. The number of nitro benzene ring substituents is 1. The zero-order valence-corrected chi connectivity index (χ0v) is 15.0. The van der Waals surface area contributed by atoms with Gasteiger partial charge in [-0.1, -0.05) is 18.2 Å². The lowest BCUT2D eigenvalue weighted by atomic mass is 10.2. The standard InChI is InChI=1S/C16H20N4O2S2/c1-23-10-8-17-16(19-12-15-3-2-9-24-15)18-11-13-4-6-14(7-5-13)20(21)22/h2-7,9H,8,10-12H2,1H3,(H2,17,18,19). The van der Waals surface area contributed by atoms with E-state index in [0.29, 0.717) is 6.54 Å². The zero-order chi connectivity index (χ0) is 17.2. The van der Waals surface area contributed by atoms with Crippen molar-refractivity contribution in [2.75, 3.05) is 18.6 Å². The lowest BCUT2D eigenvalue weighted by Crippen LogP contribution is -2.38. The number of aliphatic imine (C=N–C) groups is 1. The van der Waals surface area contributed by atoms with Crippen LogP contribution in [-0.2, 0) is 13.1 Å². The largest absolute Gasteiger partial charge is 0.356 e. The molecule has 1 heterocycles. The van der Waals surface area contributed by atoms with Crippen LogP contribution in [0, 0.1) is 10.1 Å². The maximum atomic E-state index is 10.7. The van der Waals surface area contributed by atoms with Gasteiger partial charge < -0.3 is 10.6 Å². The fourth-order valence-corrected chi connectivity index (χ4v) is 2.87. The molecular formula is C16H20N4O2S2. The van der Waals surface area contributed by atoms with E-state index in [1.54, 1.807) is 35.2 Å². The van der Waals surface area contributed by atoms with E-state index < -0.39 is 4.92 Å². The number of hydrogen-bond donors (Lipinski definition) is 2. The van der Waals surface area contributed by atoms with Gasteiger partial charge in [0.2, 0.25) is 0 Å². The highest BCUT2D eigenvalue weighted by Crippen LogP contribution is 2.12. The van der Waals surface area contributed by atoms with Crippen LogP contribution in [0.3, 0.4) is 0 Å². The molecule has 0 saturated heterocycles. The first kappa shape index (κ1) is 18.3. The minimum Gasteiger partial charge on any atom is -0.356 e. The van der Waals surface area contributed by atoms with Gasteiger partial charge in [-0.3, -0.25) is 10.1 Å². The quantitative estimate of drug-likeness (QED) is 0.247. The smallest absolute Gasteiger partial charge is 0.269 e. The first-order valence-corrected chi connectivity index (χ1v) is 9.73. The van der Waals surface area contributed by atoms with E-state index in [0.717, 1.165) is 30.4 Å². The summed E-state index contributed by atoms with van der Waals surface area (Å²) in [5.74, 6) is 1.74. The van der Waals surface area contributed by atoms with Crippen molar-refractivity contribution in [1.82, 2.24) is 10.6 Å². The molecule has 128 valence electrons. The molecule has 1 aromatic carbocycles. The van der Waals surface area contributed by atoms with Crippen molar-refractivity contribution in [2.45, 2.75) is 13.1 Å². The lowest BCUT2D eigenvalue weighted by molar-refractivity contribution is -0.384. The molecule has 0 fully saturated rings. The van der Waals surface area contributed by atoms with Gasteiger partial charge in [-0.25, -0.2) is 4.99 Å². The minimum absolute atomic E-state index is 0.0943. The van der Waals surface area contributed by atoms with Gasteiger partial charge in [0, 0.05) is 29.3 Å². The van der Waals surface area contributed by atoms with Crippen LogP contribution in [0.25, 0.3) is 0 Å². The molecular weight excluding hydrogens is 344 g/mol. The normalized spacial score (nSPS) is 11.3. The molecule has 8 heteroatoms. The summed E-state index contributed by atoms with van der Waals surface area (Å²) in [4.78, 5) is 16.1. The Balaban J connectivity index is 1.95. The second-order valence-electron chi connectivity index (χ2n) is 4.94. The van der Waals surface area contributed by atoms with Crippen molar-refractivity contribution in [2.24, 2.45) is 4.99 Å². The molecule has 0 aliphatic rings. The van der Waals surface area contributed by atoms with E-state index in [2.05, 4.69) is 27.9 Å². The van der Waals surface area contributed by atoms with Gasteiger partial charge in [0.1, 0.15) is 0 Å². The van der Waals surface area contributed by atoms with Crippen LogP contribution in [0.5, 0.6) is 0 Å². The average Bonchev–Trinajstić information content (AvgIpc) is 3.11. The maximum Gasteiger partial charge on any atom is 0.269 e. The number of nitrogens with one attached hydrogen (secondary N) is 2. The summed E-state index contributed by atoms with van der Waals surface area (Å²) in [5, 5.41) is 19.3. The fraction of sp³-hybridized carbons (Fsp3) is 0.312. The summed E-state index contributed by atoms with van der Waals surface area (Å²) in [6, 6.07) is 10.6. The predicted molar refractivity (Wildman–Crippen MR) is 102 cm³/mol. The third kappa shape index (κ3) is 6.21. The molecule has 0 amide bonds. The van der Waals surface area contributed by atoms with Gasteiger partial charge in [0.05, 0.1) is 18.0 Å². The second-order valence-corrected chi connectivity index (χ2v) is 6.96. The monoisotopic (exact) mass is 364 g/mol. The summed E-state index contributed by atoms with van der Waals surface area (Å²) in [5.41, 5.74) is 1.03. The molecule has 1 aromatic heterocycles. The zero-order valence-electron chi connectivity index (χ0n) is 13.4. The van der Waals surface area contributed by atoms with E-state index in [9.17, 15) is 10.1 Å². The number of thiophene rings is 1. The van der Waals surface area contributed by atoms with Crippen molar-refractivity contribution in [3.05, 3.63) is 62.3 Å². The van der Waals surface area contributed by atoms with Gasteiger partial charge >= 0.3 is 0 Å². The summed E-state index contributed by atoms with van der Waals surface area (Å²) >= 11 is 3.47. The van der Waals surface area contributed by atoms with E-state index in [4.69, 9.17) is 0 Å². The van der Waals surface area contributed by atoms with Gasteiger partial charge in [0.15, 0.2) is 5.96 Å². The number of rotatable bonds is 8. The van der Waals surface area contributed by atoms with E-state index >= 15 is 0 Å². The molecule has 0 unspecified atom stereocenters. The fourth-order valence-electron chi connectivity index (χ4n) is 1.92. The topological polar surface area (TPSA) is 79.6 Å². The molecule has 0 saturated carbocycles. The van der Waals surface area contributed by atoms with Crippen molar-refractivity contribution in [3.8, 4) is 0 Å². The van der Waals surface area contributed by atoms with E-state index in [1.165, 1.54) is 17.0 Å². The highest BCUT2D eigenvalue weighted by molar-refractivity contribution is 7.98. The molecule has 0 aliphatic carbocycles. The first-order valence-electron chi connectivity index (χ1n) is 7.46. The lowest BCUT2D eigenvalue weighted by Gasteiger charge is -2.11. The highest BCUT2D eigenvalue weighted by Gasteiger charge is 2.04. The Kier molecular flexibility index (Phi) is 7.57. The molecule has 0 spiro atoms. The Bertz CT molecular complexity index is 657. The second kappa shape index (κ2) is 9.94. The van der Waals surface area contributed by atoms with Crippen molar-refractivity contribution < 1.29 is 4.92 Å². The van der Waals surface area contributed by atoms with Crippen LogP contribution < -0.4 is 10.6 Å². The number of non-ortho nitro benzene ring substituents is 1. The number of benzene rings is 1. The number of nitrogens with zero attached hydrogens (tertiary/aromatic N) is 2. The summed E-state index contributed by atoms with van der Waals surface area (Å²) in [6.45, 7) is 2.03.